The van der Waals surface area contributed by atoms with Crippen LogP contribution in [-0.4, -0.2) is 22.9 Å². The van der Waals surface area contributed by atoms with Crippen molar-refractivity contribution in [3.05, 3.63) is 32.9 Å². The van der Waals surface area contributed by atoms with Gasteiger partial charge >= 0.3 is 0 Å². The van der Waals surface area contributed by atoms with Gasteiger partial charge in [-0.2, -0.15) is 0 Å². The summed E-state index contributed by atoms with van der Waals surface area (Å²) in [4.78, 5) is 0. The van der Waals surface area contributed by atoms with E-state index >= 15 is 0 Å². The van der Waals surface area contributed by atoms with E-state index in [1.807, 2.05) is 0 Å². The van der Waals surface area contributed by atoms with Crippen molar-refractivity contribution in [2.45, 2.75) is 12.5 Å². The molecule has 0 aromatic heterocycles. The van der Waals surface area contributed by atoms with Gasteiger partial charge in [-0.3, -0.25) is 0 Å². The number of halogens is 3. The molecule has 14 heavy (non-hydrogen) atoms. The van der Waals surface area contributed by atoms with Crippen molar-refractivity contribution in [3.8, 4) is 0 Å². The van der Waals surface area contributed by atoms with Crippen molar-refractivity contribution in [1.29, 1.82) is 0 Å². The molecule has 0 fully saturated rings. The average molecular weight is 314 g/mol. The molecular weight excluding hydrogens is 305 g/mol. The molecule has 0 heterocycles. The van der Waals surface area contributed by atoms with Crippen molar-refractivity contribution < 1.29 is 19.0 Å². The van der Waals surface area contributed by atoms with Crippen molar-refractivity contribution in [2.75, 3.05) is 6.61 Å². The second-order valence-electron chi connectivity index (χ2n) is 2.91. The maximum atomic E-state index is 13.0. The Morgan fingerprint density at radius 2 is 1.79 bits per heavy atom. The van der Waals surface area contributed by atoms with Crippen LogP contribution in [-0.2, 0) is 6.42 Å². The van der Waals surface area contributed by atoms with Gasteiger partial charge < -0.3 is 10.2 Å². The lowest BCUT2D eigenvalue weighted by Crippen LogP contribution is -2.15. The molecule has 0 amide bonds. The number of hydrogen-bond donors (Lipinski definition) is 2. The van der Waals surface area contributed by atoms with Gasteiger partial charge in [0.05, 0.1) is 16.3 Å². The Morgan fingerprint density at radius 3 is 2.21 bits per heavy atom. The topological polar surface area (TPSA) is 40.5 Å². The molecular formula is C9H9F2IO2. The Kier molecular flexibility index (Phi) is 4.21. The molecule has 1 aromatic carbocycles. The number of benzene rings is 1. The standard InChI is InChI=1S/C9H9F2IO2/c10-7-2-5(1-6(14)4-13)3-8(11)9(7)12/h2-3,6,13-14H,1,4H2. The van der Waals surface area contributed by atoms with Crippen LogP contribution in [0.1, 0.15) is 5.56 Å². The Hall–Kier alpha value is -0.270. The van der Waals surface area contributed by atoms with Crippen molar-refractivity contribution in [2.24, 2.45) is 0 Å². The lowest BCUT2D eigenvalue weighted by Gasteiger charge is -2.07. The van der Waals surface area contributed by atoms with Gasteiger partial charge in [0.2, 0.25) is 0 Å². The molecule has 1 atom stereocenters. The first kappa shape index (κ1) is 11.8. The third-order valence-corrected chi connectivity index (χ3v) is 2.76. The van der Waals surface area contributed by atoms with Crippen LogP contribution in [0.25, 0.3) is 0 Å². The summed E-state index contributed by atoms with van der Waals surface area (Å²) in [6.07, 6.45) is -0.935. The first-order valence-corrected chi connectivity index (χ1v) is 5.04. The van der Waals surface area contributed by atoms with Gasteiger partial charge in [-0.05, 0) is 40.3 Å². The summed E-state index contributed by atoms with van der Waals surface area (Å²) >= 11 is 1.57. The molecule has 78 valence electrons. The maximum absolute atomic E-state index is 13.0. The van der Waals surface area contributed by atoms with Crippen LogP contribution in [0, 0.1) is 15.2 Å². The van der Waals surface area contributed by atoms with Gasteiger partial charge in [0.1, 0.15) is 11.6 Å². The molecule has 2 N–H and O–H groups in total. The van der Waals surface area contributed by atoms with E-state index in [9.17, 15) is 8.78 Å². The summed E-state index contributed by atoms with van der Waals surface area (Å²) in [6.45, 7) is -0.421. The highest BCUT2D eigenvalue weighted by atomic mass is 127. The molecule has 0 aliphatic carbocycles. The summed E-state index contributed by atoms with van der Waals surface area (Å²) < 4.78 is 25.9. The molecule has 0 bridgehead atoms. The molecule has 1 rings (SSSR count). The Morgan fingerprint density at radius 1 is 1.29 bits per heavy atom. The zero-order valence-corrected chi connectivity index (χ0v) is 9.33. The quantitative estimate of drug-likeness (QED) is 0.655. The van der Waals surface area contributed by atoms with E-state index in [1.165, 1.54) is 0 Å². The van der Waals surface area contributed by atoms with E-state index in [0.29, 0.717) is 5.56 Å². The van der Waals surface area contributed by atoms with Crippen LogP contribution in [0.5, 0.6) is 0 Å². The fraction of sp³-hybridized carbons (Fsp3) is 0.333. The monoisotopic (exact) mass is 314 g/mol. The zero-order chi connectivity index (χ0) is 10.7. The maximum Gasteiger partial charge on any atom is 0.139 e. The van der Waals surface area contributed by atoms with E-state index in [1.54, 1.807) is 22.6 Å². The van der Waals surface area contributed by atoms with Gasteiger partial charge in [-0.1, -0.05) is 0 Å². The highest BCUT2D eigenvalue weighted by molar-refractivity contribution is 14.1. The second kappa shape index (κ2) is 4.99. The Bertz CT molecular complexity index is 308. The van der Waals surface area contributed by atoms with Crippen LogP contribution in [0.15, 0.2) is 12.1 Å². The predicted octanol–water partition coefficient (Wildman–Crippen LogP) is 1.47. The first-order valence-electron chi connectivity index (χ1n) is 3.97. The third-order valence-electron chi connectivity index (χ3n) is 1.73. The zero-order valence-electron chi connectivity index (χ0n) is 7.17. The van der Waals surface area contributed by atoms with Crippen LogP contribution >= 0.6 is 22.6 Å². The fourth-order valence-electron chi connectivity index (χ4n) is 1.06. The smallest absolute Gasteiger partial charge is 0.139 e. The summed E-state index contributed by atoms with van der Waals surface area (Å²) in [5.74, 6) is -1.29. The molecule has 0 aliphatic heterocycles. The molecule has 0 radical (unpaired) electrons. The minimum atomic E-state index is -0.978. The van der Waals surface area contributed by atoms with Gasteiger partial charge in [0, 0.05) is 6.42 Å². The first-order chi connectivity index (χ1) is 6.54. The van der Waals surface area contributed by atoms with Crippen LogP contribution in [0.2, 0.25) is 0 Å². The molecule has 0 spiro atoms. The minimum Gasteiger partial charge on any atom is -0.394 e. The highest BCUT2D eigenvalue weighted by Gasteiger charge is 2.10. The summed E-state index contributed by atoms with van der Waals surface area (Å²) in [5, 5.41) is 17.6. The van der Waals surface area contributed by atoms with Gasteiger partial charge in [0.25, 0.3) is 0 Å². The third kappa shape index (κ3) is 2.86. The summed E-state index contributed by atoms with van der Waals surface area (Å²) in [5.41, 5.74) is 0.335. The molecule has 2 nitrogen and oxygen atoms in total. The molecule has 5 heteroatoms. The number of rotatable bonds is 3. The van der Waals surface area contributed by atoms with E-state index in [-0.39, 0.29) is 9.99 Å². The van der Waals surface area contributed by atoms with E-state index < -0.39 is 24.3 Å². The predicted molar refractivity (Wildman–Crippen MR) is 55.9 cm³/mol. The molecule has 0 aliphatic rings. The molecule has 0 saturated heterocycles. The molecule has 0 saturated carbocycles. The average Bonchev–Trinajstić information content (AvgIpc) is 2.14. The van der Waals surface area contributed by atoms with E-state index in [2.05, 4.69) is 0 Å². The van der Waals surface area contributed by atoms with E-state index in [4.69, 9.17) is 10.2 Å². The largest absolute Gasteiger partial charge is 0.394 e. The summed E-state index contributed by atoms with van der Waals surface area (Å²) in [7, 11) is 0. The molecule has 1 unspecified atom stereocenters. The van der Waals surface area contributed by atoms with Crippen LogP contribution in [0.4, 0.5) is 8.78 Å². The second-order valence-corrected chi connectivity index (χ2v) is 3.99. The number of aliphatic hydroxyl groups excluding tert-OH is 2. The van der Waals surface area contributed by atoms with Crippen molar-refractivity contribution in [1.82, 2.24) is 0 Å². The Labute approximate surface area is 93.7 Å². The van der Waals surface area contributed by atoms with Crippen molar-refractivity contribution in [3.63, 3.8) is 0 Å². The molecule has 1 aromatic rings. The van der Waals surface area contributed by atoms with Crippen molar-refractivity contribution >= 4 is 22.6 Å². The van der Waals surface area contributed by atoms with Crippen LogP contribution in [0.3, 0.4) is 0 Å². The number of hydrogen-bond acceptors (Lipinski definition) is 2. The lowest BCUT2D eigenvalue weighted by atomic mass is 10.1. The lowest BCUT2D eigenvalue weighted by molar-refractivity contribution is 0.0954. The van der Waals surface area contributed by atoms with Crippen LogP contribution < -0.4 is 0 Å². The highest BCUT2D eigenvalue weighted by Crippen LogP contribution is 2.18. The fourth-order valence-corrected chi connectivity index (χ4v) is 1.37. The van der Waals surface area contributed by atoms with Gasteiger partial charge in [-0.15, -0.1) is 0 Å². The van der Waals surface area contributed by atoms with Gasteiger partial charge in [0.15, 0.2) is 0 Å². The summed E-state index contributed by atoms with van der Waals surface area (Å²) in [6, 6.07) is 2.31. The van der Waals surface area contributed by atoms with Gasteiger partial charge in [-0.25, -0.2) is 8.78 Å². The normalized spacial score (nSPS) is 12.9. The van der Waals surface area contributed by atoms with E-state index in [0.717, 1.165) is 12.1 Å². The minimum absolute atomic E-state index is 0.0429. The SMILES string of the molecule is OCC(O)Cc1cc(F)c(I)c(F)c1. The number of aliphatic hydroxyl groups is 2. The Balaban J connectivity index is 2.89.